The third-order valence-corrected chi connectivity index (χ3v) is 3.67. The van der Waals surface area contributed by atoms with Crippen molar-refractivity contribution >= 4 is 17.3 Å². The van der Waals surface area contributed by atoms with Crippen LogP contribution in [0.25, 0.3) is 11.6 Å². The van der Waals surface area contributed by atoms with E-state index in [2.05, 4.69) is 28.8 Å². The first-order valence-corrected chi connectivity index (χ1v) is 6.61. The molecule has 96 valence electrons. The molecule has 0 amide bonds. The zero-order valence-corrected chi connectivity index (χ0v) is 11.1. The number of rotatable bonds is 1. The van der Waals surface area contributed by atoms with E-state index in [9.17, 15) is 0 Å². The minimum Gasteiger partial charge on any atom is -0.439 e. The SMILES string of the molecule is CN1C(=CC2=C=Cc3ccccc32)Oc2ccccc21. The second-order valence-electron chi connectivity index (χ2n) is 4.90. The number of benzene rings is 2. The zero-order valence-electron chi connectivity index (χ0n) is 11.1. The van der Waals surface area contributed by atoms with Crippen LogP contribution in [0.5, 0.6) is 5.75 Å². The summed E-state index contributed by atoms with van der Waals surface area (Å²) in [4.78, 5) is 2.06. The molecule has 2 aromatic rings. The van der Waals surface area contributed by atoms with Crippen molar-refractivity contribution < 1.29 is 4.74 Å². The van der Waals surface area contributed by atoms with Crippen molar-refractivity contribution in [3.8, 4) is 5.75 Å². The second-order valence-corrected chi connectivity index (χ2v) is 4.90. The lowest BCUT2D eigenvalue weighted by Crippen LogP contribution is -2.13. The van der Waals surface area contributed by atoms with Crippen molar-refractivity contribution in [1.29, 1.82) is 0 Å². The van der Waals surface area contributed by atoms with E-state index in [1.165, 1.54) is 11.1 Å². The number of ether oxygens (including phenoxy) is 1. The summed E-state index contributed by atoms with van der Waals surface area (Å²) in [7, 11) is 2.02. The monoisotopic (exact) mass is 259 g/mol. The third-order valence-electron chi connectivity index (χ3n) is 3.67. The van der Waals surface area contributed by atoms with Gasteiger partial charge in [0.2, 0.25) is 5.88 Å². The first kappa shape index (κ1) is 11.2. The normalized spacial score (nSPS) is 16.9. The van der Waals surface area contributed by atoms with E-state index in [1.54, 1.807) is 0 Å². The van der Waals surface area contributed by atoms with Crippen molar-refractivity contribution in [1.82, 2.24) is 0 Å². The number of para-hydroxylation sites is 2. The lowest BCUT2D eigenvalue weighted by atomic mass is 10.1. The number of nitrogens with zero attached hydrogens (tertiary/aromatic N) is 1. The molecule has 2 aromatic carbocycles. The lowest BCUT2D eigenvalue weighted by molar-refractivity contribution is 0.444. The molecular formula is C18H13NO. The van der Waals surface area contributed by atoms with Gasteiger partial charge in [-0.25, -0.2) is 0 Å². The Labute approximate surface area is 117 Å². The van der Waals surface area contributed by atoms with Gasteiger partial charge in [-0.1, -0.05) is 36.4 Å². The van der Waals surface area contributed by atoms with Gasteiger partial charge in [0.1, 0.15) is 0 Å². The van der Waals surface area contributed by atoms with Crippen LogP contribution >= 0.6 is 0 Å². The minimum absolute atomic E-state index is 0.832. The Kier molecular flexibility index (Phi) is 2.32. The van der Waals surface area contributed by atoms with Crippen LogP contribution in [0.2, 0.25) is 0 Å². The summed E-state index contributed by atoms with van der Waals surface area (Å²) in [5.74, 6) is 1.73. The van der Waals surface area contributed by atoms with Crippen LogP contribution in [-0.2, 0) is 0 Å². The number of anilines is 1. The first-order chi connectivity index (χ1) is 9.83. The van der Waals surface area contributed by atoms with Gasteiger partial charge in [-0.2, -0.15) is 0 Å². The van der Waals surface area contributed by atoms with Gasteiger partial charge in [-0.05, 0) is 29.3 Å². The van der Waals surface area contributed by atoms with Gasteiger partial charge in [0.05, 0.1) is 5.69 Å². The Balaban J connectivity index is 1.73. The van der Waals surface area contributed by atoms with Gasteiger partial charge in [0.25, 0.3) is 0 Å². The molecule has 0 unspecified atom stereocenters. The molecule has 1 aliphatic heterocycles. The Morgan fingerprint density at radius 3 is 2.75 bits per heavy atom. The van der Waals surface area contributed by atoms with E-state index in [1.807, 2.05) is 49.5 Å². The summed E-state index contributed by atoms with van der Waals surface area (Å²) in [5, 5.41) is 0. The third kappa shape index (κ3) is 1.59. The van der Waals surface area contributed by atoms with E-state index >= 15 is 0 Å². The molecule has 0 N–H and O–H groups in total. The van der Waals surface area contributed by atoms with Crippen molar-refractivity contribution in [2.24, 2.45) is 0 Å². The number of fused-ring (bicyclic) bond motifs is 2. The molecule has 0 fully saturated rings. The summed E-state index contributed by atoms with van der Waals surface area (Å²) in [6.45, 7) is 0. The molecule has 0 atom stereocenters. The molecule has 20 heavy (non-hydrogen) atoms. The van der Waals surface area contributed by atoms with Gasteiger partial charge in [0.15, 0.2) is 5.75 Å². The molecule has 4 rings (SSSR count). The summed E-state index contributed by atoms with van der Waals surface area (Å²) in [6, 6.07) is 16.4. The van der Waals surface area contributed by atoms with Crippen molar-refractivity contribution in [2.45, 2.75) is 0 Å². The van der Waals surface area contributed by atoms with Gasteiger partial charge < -0.3 is 9.64 Å². The molecule has 0 spiro atoms. The highest BCUT2D eigenvalue weighted by molar-refractivity contribution is 5.87. The highest BCUT2D eigenvalue weighted by Crippen LogP contribution is 2.38. The lowest BCUT2D eigenvalue weighted by Gasteiger charge is -2.11. The average Bonchev–Trinajstić information content (AvgIpc) is 3.03. The predicted molar refractivity (Wildman–Crippen MR) is 81.4 cm³/mol. The smallest absolute Gasteiger partial charge is 0.201 e. The van der Waals surface area contributed by atoms with Crippen LogP contribution in [0.3, 0.4) is 0 Å². The van der Waals surface area contributed by atoms with Gasteiger partial charge >= 0.3 is 0 Å². The van der Waals surface area contributed by atoms with Crippen LogP contribution in [0, 0.1) is 0 Å². The van der Waals surface area contributed by atoms with Crippen molar-refractivity contribution in [3.63, 3.8) is 0 Å². The maximum absolute atomic E-state index is 5.91. The molecule has 0 aromatic heterocycles. The number of hydrogen-bond donors (Lipinski definition) is 0. The van der Waals surface area contributed by atoms with Gasteiger partial charge in [-0.15, -0.1) is 5.73 Å². The van der Waals surface area contributed by atoms with Gasteiger partial charge in [0, 0.05) is 18.7 Å². The molecule has 0 saturated carbocycles. The average molecular weight is 259 g/mol. The fourth-order valence-corrected chi connectivity index (χ4v) is 2.59. The quantitative estimate of drug-likeness (QED) is 0.716. The van der Waals surface area contributed by atoms with Crippen LogP contribution < -0.4 is 9.64 Å². The maximum atomic E-state index is 5.91. The van der Waals surface area contributed by atoms with Crippen molar-refractivity contribution in [3.05, 3.63) is 77.3 Å². The predicted octanol–water partition coefficient (Wildman–Crippen LogP) is 4.07. The van der Waals surface area contributed by atoms with E-state index in [0.717, 1.165) is 22.9 Å². The maximum Gasteiger partial charge on any atom is 0.201 e. The molecule has 0 saturated heterocycles. The van der Waals surface area contributed by atoms with Crippen LogP contribution in [0.1, 0.15) is 11.1 Å². The van der Waals surface area contributed by atoms with E-state index in [4.69, 9.17) is 4.74 Å². The Bertz CT molecular complexity index is 795. The molecule has 2 nitrogen and oxygen atoms in total. The number of allylic oxidation sites excluding steroid dienone is 2. The largest absolute Gasteiger partial charge is 0.439 e. The fraction of sp³-hybridized carbons (Fsp3) is 0.0556. The summed E-state index contributed by atoms with van der Waals surface area (Å²) in [6.07, 6.45) is 4.06. The highest BCUT2D eigenvalue weighted by Gasteiger charge is 2.23. The summed E-state index contributed by atoms with van der Waals surface area (Å²) >= 11 is 0. The van der Waals surface area contributed by atoms with Gasteiger partial charge in [-0.3, -0.25) is 0 Å². The molecule has 0 bridgehead atoms. The summed E-state index contributed by atoms with van der Waals surface area (Å²) in [5.41, 5.74) is 7.87. The van der Waals surface area contributed by atoms with Crippen molar-refractivity contribution in [2.75, 3.05) is 11.9 Å². The van der Waals surface area contributed by atoms with Crippen LogP contribution in [0.4, 0.5) is 5.69 Å². The molecule has 0 radical (unpaired) electrons. The molecule has 2 heteroatoms. The highest BCUT2D eigenvalue weighted by atomic mass is 16.5. The van der Waals surface area contributed by atoms with Crippen LogP contribution in [-0.4, -0.2) is 7.05 Å². The standard InChI is InChI=1S/C18H13NO/c1-19-16-8-4-5-9-17(16)20-18(19)12-14-11-10-13-6-2-3-7-15(13)14/h2-10,12H,1H3. The Hall–Kier alpha value is -2.70. The van der Waals surface area contributed by atoms with E-state index < -0.39 is 0 Å². The zero-order chi connectivity index (χ0) is 13.5. The number of hydrogen-bond acceptors (Lipinski definition) is 2. The topological polar surface area (TPSA) is 12.5 Å². The molecule has 2 aliphatic rings. The molecular weight excluding hydrogens is 246 g/mol. The minimum atomic E-state index is 0.832. The molecule has 1 heterocycles. The van der Waals surface area contributed by atoms with Crippen LogP contribution in [0.15, 0.2) is 66.2 Å². The van der Waals surface area contributed by atoms with E-state index in [0.29, 0.717) is 0 Å². The molecule has 1 aliphatic carbocycles. The first-order valence-electron chi connectivity index (χ1n) is 6.61. The van der Waals surface area contributed by atoms with E-state index in [-0.39, 0.29) is 0 Å². The Morgan fingerprint density at radius 1 is 1.05 bits per heavy atom. The Morgan fingerprint density at radius 2 is 1.85 bits per heavy atom. The fourth-order valence-electron chi connectivity index (χ4n) is 2.59. The second kappa shape index (κ2) is 4.16. The summed E-state index contributed by atoms with van der Waals surface area (Å²) < 4.78 is 5.91.